The van der Waals surface area contributed by atoms with Crippen molar-refractivity contribution in [2.24, 2.45) is 14.1 Å². The fraction of sp³-hybridized carbons (Fsp3) is 0.292. The smallest absolute Gasteiger partial charge is 0.394 e. The van der Waals surface area contributed by atoms with Crippen molar-refractivity contribution >= 4 is 118 Å². The van der Waals surface area contributed by atoms with Gasteiger partial charge in [0, 0.05) is 101 Å². The number of nitrogen functional groups attached to an aromatic ring is 1. The summed E-state index contributed by atoms with van der Waals surface area (Å²) in [6.45, 7) is 15.6. The number of hydrogen-bond acceptors (Lipinski definition) is 15. The standard InChI is InChI=1S/C24H27ClN8O2Si.C21H24ClN5O3Si.C3H5N3.H2O4S/c1-32-19-11-15(25)5-6-16(19)20(31-32)18-12-28-22-21(29-18)17(23(34)30-24-26-7-8-27-24)13-33(22)14-35-9-10-36(2,3)4;1-26-17-9-13(22)5-6-14(17)18(25-26)16-10-23-20-19(24-16)15(21(28)29)11-27(20)12-30-7-8-31(2,3)4;4-3-5-1-2-6-3;1-5(2,3)4/h5-8,11-13H,9-10,14H2,1-4H3,(H2,26,27,30,34);5-6,9-11H,7-8,12H2,1-4H3,(H,28,29);1-2H,(H3,4,5,6);(H2,1,2,3,4). The van der Waals surface area contributed by atoms with Gasteiger partial charge in [0.25, 0.3) is 5.91 Å². The molecule has 78 heavy (non-hydrogen) atoms. The predicted molar refractivity (Wildman–Crippen MR) is 303 cm³/mol. The molecule has 1 amide bonds. The molecule has 0 aliphatic heterocycles. The molecule has 412 valence electrons. The molecule has 10 aromatic rings. The van der Waals surface area contributed by atoms with E-state index in [0.29, 0.717) is 85.8 Å². The molecule has 8 aromatic heterocycles. The largest absolute Gasteiger partial charge is 0.478 e. The number of carbonyl (C=O) groups is 2. The van der Waals surface area contributed by atoms with E-state index in [0.717, 1.165) is 33.9 Å². The Morgan fingerprint density at radius 1 is 0.705 bits per heavy atom. The SMILES string of the molecule is Cn1nc(-c2cnc3c(n2)c(C(=O)Nc2ncc[nH]2)cn3COCC[Si](C)(C)C)c2ccc(Cl)cc21.Cn1nc(-c2cnc3c(n2)c(C(=O)O)cn3COCC[Si](C)(C)C)c2ccc(Cl)cc21.Nc1ncc[nH]1.O=S(=O)(O)O. The monoisotopic (exact) mass is 1160 g/mol. The minimum atomic E-state index is -4.67. The van der Waals surface area contributed by atoms with Crippen LogP contribution in [-0.4, -0.2) is 132 Å². The number of aromatic carboxylic acids is 1. The zero-order valence-corrected chi connectivity index (χ0v) is 48.1. The van der Waals surface area contributed by atoms with E-state index < -0.39 is 32.5 Å². The van der Waals surface area contributed by atoms with Crippen LogP contribution in [0.25, 0.3) is 66.9 Å². The molecule has 0 atom stereocenters. The van der Waals surface area contributed by atoms with E-state index in [9.17, 15) is 14.7 Å². The number of carbonyl (C=O) groups excluding carboxylic acids is 1. The number of benzene rings is 2. The van der Waals surface area contributed by atoms with Gasteiger partial charge in [-0.15, -0.1) is 0 Å². The van der Waals surface area contributed by atoms with Crippen molar-refractivity contribution < 1.29 is 41.7 Å². The number of rotatable bonds is 15. The number of aryl methyl sites for hydroxylation is 2. The van der Waals surface area contributed by atoms with Crippen LogP contribution in [0.5, 0.6) is 0 Å². The number of aromatic nitrogens is 14. The maximum absolute atomic E-state index is 13.2. The number of nitrogens with two attached hydrogens (primary N) is 1. The normalized spacial score (nSPS) is 11.8. The number of halogens is 2. The summed E-state index contributed by atoms with van der Waals surface area (Å²) in [5.74, 6) is -0.589. The van der Waals surface area contributed by atoms with Crippen LogP contribution < -0.4 is 11.1 Å². The van der Waals surface area contributed by atoms with Crippen LogP contribution in [0.3, 0.4) is 0 Å². The summed E-state index contributed by atoms with van der Waals surface area (Å²) in [5, 5.41) is 24.7. The molecule has 25 nitrogen and oxygen atoms in total. The quantitative estimate of drug-likeness (QED) is 0.0286. The Morgan fingerprint density at radius 2 is 1.15 bits per heavy atom. The van der Waals surface area contributed by atoms with Gasteiger partial charge < -0.3 is 39.4 Å². The molecule has 0 radical (unpaired) electrons. The van der Waals surface area contributed by atoms with Crippen LogP contribution >= 0.6 is 23.2 Å². The molecule has 0 spiro atoms. The second-order valence-corrected chi connectivity index (χ2v) is 33.0. The second-order valence-electron chi connectivity index (χ2n) is 20.0. The maximum atomic E-state index is 13.2. The van der Waals surface area contributed by atoms with Crippen molar-refractivity contribution in [2.45, 2.75) is 64.8 Å². The van der Waals surface area contributed by atoms with Gasteiger partial charge in [0.1, 0.15) is 52.8 Å². The topological polar surface area (TPSA) is 340 Å². The molecule has 0 bridgehead atoms. The van der Waals surface area contributed by atoms with Crippen LogP contribution in [0, 0.1) is 0 Å². The molecule has 0 fully saturated rings. The van der Waals surface area contributed by atoms with Gasteiger partial charge in [0.05, 0.1) is 29.0 Å². The summed E-state index contributed by atoms with van der Waals surface area (Å²) >= 11 is 12.3. The first-order valence-corrected chi connectivity index (χ1v) is 33.4. The lowest BCUT2D eigenvalue weighted by Crippen LogP contribution is -2.22. The highest BCUT2D eigenvalue weighted by molar-refractivity contribution is 7.79. The van der Waals surface area contributed by atoms with Gasteiger partial charge in [-0.25, -0.2) is 34.7 Å². The van der Waals surface area contributed by atoms with Gasteiger partial charge in [-0.3, -0.25) is 28.6 Å². The average Bonchev–Trinajstić information content (AvgIpc) is 4.45. The second kappa shape index (κ2) is 24.5. The van der Waals surface area contributed by atoms with E-state index in [4.69, 9.17) is 60.9 Å². The molecule has 10 rings (SSSR count). The van der Waals surface area contributed by atoms with E-state index >= 15 is 0 Å². The first-order valence-electron chi connectivity index (χ1n) is 23.8. The highest BCUT2D eigenvalue weighted by Crippen LogP contribution is 2.32. The van der Waals surface area contributed by atoms with Crippen LogP contribution in [-0.2, 0) is 47.4 Å². The molecule has 0 saturated carbocycles. The van der Waals surface area contributed by atoms with E-state index in [1.807, 2.05) is 49.0 Å². The Morgan fingerprint density at radius 3 is 1.55 bits per heavy atom. The van der Waals surface area contributed by atoms with Crippen LogP contribution in [0.15, 0.2) is 86.0 Å². The van der Waals surface area contributed by atoms with E-state index in [2.05, 4.69) is 89.7 Å². The summed E-state index contributed by atoms with van der Waals surface area (Å²) < 4.78 is 50.3. The highest BCUT2D eigenvalue weighted by atomic mass is 35.5. The first-order chi connectivity index (χ1) is 36.7. The third-order valence-corrected chi connectivity index (χ3v) is 15.3. The lowest BCUT2D eigenvalue weighted by Gasteiger charge is -2.15. The number of H-pyrrole nitrogens is 2. The number of amides is 1. The third-order valence-electron chi connectivity index (χ3n) is 11.4. The van der Waals surface area contributed by atoms with E-state index in [-0.39, 0.29) is 24.9 Å². The molecule has 2 aromatic carbocycles. The Bertz CT molecular complexity index is 3830. The zero-order valence-electron chi connectivity index (χ0n) is 43.7. The fourth-order valence-electron chi connectivity index (χ4n) is 7.56. The lowest BCUT2D eigenvalue weighted by molar-refractivity contribution is 0.0695. The predicted octanol–water partition coefficient (Wildman–Crippen LogP) is 8.91. The molecule has 0 unspecified atom stereocenters. The fourth-order valence-corrected chi connectivity index (χ4v) is 9.41. The van der Waals surface area contributed by atoms with Crippen molar-refractivity contribution in [3.05, 3.63) is 107 Å². The Hall–Kier alpha value is -7.42. The van der Waals surface area contributed by atoms with E-state index in [1.165, 1.54) is 6.20 Å². The first kappa shape index (κ1) is 58.3. The number of nitrogens with zero attached hydrogens (tertiary/aromatic N) is 12. The Balaban J connectivity index is 0.000000190. The third kappa shape index (κ3) is 15.4. The van der Waals surface area contributed by atoms with Gasteiger partial charge >= 0.3 is 16.4 Å². The van der Waals surface area contributed by atoms with Crippen LogP contribution in [0.2, 0.25) is 61.4 Å². The number of carboxylic acids is 1. The number of ether oxygens (including phenoxy) is 2. The molecule has 0 aliphatic rings. The zero-order chi connectivity index (χ0) is 56.7. The highest BCUT2D eigenvalue weighted by Gasteiger charge is 2.24. The number of fused-ring (bicyclic) bond motifs is 4. The summed E-state index contributed by atoms with van der Waals surface area (Å²) in [7, 11) is -3.42. The minimum Gasteiger partial charge on any atom is -0.478 e. The molecular formula is C48H58Cl2N16O9SSi2. The van der Waals surface area contributed by atoms with Crippen molar-refractivity contribution in [3.63, 3.8) is 0 Å². The summed E-state index contributed by atoms with van der Waals surface area (Å²) in [5.41, 5.74) is 11.4. The van der Waals surface area contributed by atoms with Gasteiger partial charge in [-0.2, -0.15) is 18.6 Å². The number of aromatic amines is 2. The number of nitrogens with one attached hydrogen (secondary N) is 3. The summed E-state index contributed by atoms with van der Waals surface area (Å²) in [6, 6.07) is 13.2. The number of carboxylic acid groups (broad SMARTS) is 1. The molecular weight excluding hydrogens is 1100 g/mol. The van der Waals surface area contributed by atoms with Gasteiger partial charge in [-0.1, -0.05) is 62.5 Å². The van der Waals surface area contributed by atoms with Gasteiger partial charge in [0.2, 0.25) is 5.95 Å². The van der Waals surface area contributed by atoms with Crippen LogP contribution in [0.1, 0.15) is 20.7 Å². The lowest BCUT2D eigenvalue weighted by atomic mass is 10.1. The number of imidazole rings is 2. The van der Waals surface area contributed by atoms with Crippen molar-refractivity contribution in [1.29, 1.82) is 0 Å². The Kier molecular flexibility index (Phi) is 18.3. The molecule has 30 heteroatoms. The summed E-state index contributed by atoms with van der Waals surface area (Å²) in [6.07, 6.45) is 13.0. The molecule has 0 saturated heterocycles. The molecule has 0 aliphatic carbocycles. The maximum Gasteiger partial charge on any atom is 0.394 e. The van der Waals surface area contributed by atoms with Gasteiger partial charge in [-0.05, 0) is 48.5 Å². The Labute approximate surface area is 458 Å². The van der Waals surface area contributed by atoms with Crippen molar-refractivity contribution in [1.82, 2.24) is 68.6 Å². The van der Waals surface area contributed by atoms with Crippen molar-refractivity contribution in [3.8, 4) is 22.8 Å². The van der Waals surface area contributed by atoms with Crippen molar-refractivity contribution in [2.75, 3.05) is 24.3 Å². The summed E-state index contributed by atoms with van der Waals surface area (Å²) in [4.78, 5) is 56.9. The molecule has 8 heterocycles. The van der Waals surface area contributed by atoms with E-state index in [1.54, 1.807) is 63.4 Å². The minimum absolute atomic E-state index is 0.0847. The molecule has 8 N–H and O–H groups in total. The average molecular weight is 1160 g/mol. The number of hydrogen-bond donors (Lipinski definition) is 7. The van der Waals surface area contributed by atoms with Crippen LogP contribution in [0.4, 0.5) is 11.9 Å². The number of anilines is 2. The van der Waals surface area contributed by atoms with Gasteiger partial charge in [0.15, 0.2) is 17.2 Å².